The van der Waals surface area contributed by atoms with Crippen LogP contribution in [0.1, 0.15) is 30.9 Å². The highest BCUT2D eigenvalue weighted by Gasteiger charge is 2.43. The van der Waals surface area contributed by atoms with E-state index in [1.165, 1.54) is 6.42 Å². The number of hydrogen-bond donors (Lipinski definition) is 1. The monoisotopic (exact) mass is 260 g/mol. The molecule has 2 aliphatic rings. The van der Waals surface area contributed by atoms with Crippen molar-refractivity contribution in [1.82, 2.24) is 4.90 Å². The molecule has 3 rings (SSSR count). The fraction of sp³-hybridized carbons (Fsp3) is 0.533. The third-order valence-corrected chi connectivity index (χ3v) is 4.25. The molecule has 1 saturated carbocycles. The maximum atomic E-state index is 12.5. The van der Waals surface area contributed by atoms with E-state index in [9.17, 15) is 4.79 Å². The van der Waals surface area contributed by atoms with Crippen molar-refractivity contribution in [2.45, 2.75) is 30.9 Å². The highest BCUT2D eigenvalue weighted by Crippen LogP contribution is 2.38. The van der Waals surface area contributed by atoms with Gasteiger partial charge < -0.3 is 15.4 Å². The lowest BCUT2D eigenvalue weighted by atomic mass is 9.78. The van der Waals surface area contributed by atoms with Gasteiger partial charge in [0, 0.05) is 13.1 Å². The summed E-state index contributed by atoms with van der Waals surface area (Å²) in [7, 11) is 0. The van der Waals surface area contributed by atoms with E-state index in [1.54, 1.807) is 0 Å². The second-order valence-electron chi connectivity index (χ2n) is 5.53. The Labute approximate surface area is 113 Å². The molecule has 2 fully saturated rings. The number of hydrogen-bond acceptors (Lipinski definition) is 3. The number of nitrogens with two attached hydrogens (primary N) is 1. The molecule has 1 aliphatic heterocycles. The van der Waals surface area contributed by atoms with Crippen LogP contribution >= 0.6 is 0 Å². The fourth-order valence-electron chi connectivity index (χ4n) is 2.91. The molecule has 1 heterocycles. The van der Waals surface area contributed by atoms with Gasteiger partial charge in [-0.25, -0.2) is 0 Å². The topological polar surface area (TPSA) is 55.6 Å². The number of carbonyl (C=O) groups is 1. The zero-order chi connectivity index (χ0) is 13.3. The average molecular weight is 260 g/mol. The van der Waals surface area contributed by atoms with Crippen LogP contribution < -0.4 is 5.73 Å². The molecule has 1 spiro atoms. The molecule has 19 heavy (non-hydrogen) atoms. The molecule has 1 amide bonds. The number of morpholine rings is 1. The van der Waals surface area contributed by atoms with Gasteiger partial charge in [-0.15, -0.1) is 0 Å². The second-order valence-corrected chi connectivity index (χ2v) is 5.53. The summed E-state index contributed by atoms with van der Waals surface area (Å²) in [5, 5.41) is 0. The van der Waals surface area contributed by atoms with E-state index < -0.39 is 6.04 Å². The highest BCUT2D eigenvalue weighted by molar-refractivity contribution is 5.83. The Morgan fingerprint density at radius 3 is 2.68 bits per heavy atom. The van der Waals surface area contributed by atoms with Crippen molar-refractivity contribution in [3.63, 3.8) is 0 Å². The van der Waals surface area contributed by atoms with Crippen molar-refractivity contribution in [3.05, 3.63) is 35.9 Å². The molecule has 0 bridgehead atoms. The van der Waals surface area contributed by atoms with Crippen LogP contribution in [0.25, 0.3) is 0 Å². The lowest BCUT2D eigenvalue weighted by Crippen LogP contribution is -2.58. The smallest absolute Gasteiger partial charge is 0.244 e. The molecule has 1 atom stereocenters. The van der Waals surface area contributed by atoms with Crippen LogP contribution in [0.4, 0.5) is 0 Å². The summed E-state index contributed by atoms with van der Waals surface area (Å²) in [6, 6.07) is 9.00. The lowest BCUT2D eigenvalue weighted by molar-refractivity contribution is -0.168. The standard InChI is InChI=1S/C15H20N2O2/c16-13(12-5-2-1-3-6-12)14(18)17-9-10-19-15(11-17)7-4-8-15/h1-3,5-6,13H,4,7-11,16H2. The first-order valence-corrected chi connectivity index (χ1v) is 6.94. The molecule has 1 aliphatic carbocycles. The summed E-state index contributed by atoms with van der Waals surface area (Å²) in [5.74, 6) is 0.0146. The molecule has 1 aromatic carbocycles. The molecule has 4 heteroatoms. The van der Waals surface area contributed by atoms with E-state index in [0.29, 0.717) is 19.7 Å². The zero-order valence-corrected chi connectivity index (χ0v) is 11.0. The minimum atomic E-state index is -0.559. The summed E-state index contributed by atoms with van der Waals surface area (Å²) < 4.78 is 5.83. The van der Waals surface area contributed by atoms with Crippen molar-refractivity contribution in [3.8, 4) is 0 Å². The Hall–Kier alpha value is -1.39. The van der Waals surface area contributed by atoms with Crippen LogP contribution in [0, 0.1) is 0 Å². The number of nitrogens with zero attached hydrogens (tertiary/aromatic N) is 1. The summed E-state index contributed by atoms with van der Waals surface area (Å²) >= 11 is 0. The highest BCUT2D eigenvalue weighted by atomic mass is 16.5. The Balaban J connectivity index is 1.69. The molecule has 1 saturated heterocycles. The lowest BCUT2D eigenvalue weighted by Gasteiger charge is -2.48. The minimum absolute atomic E-state index is 0.0146. The third-order valence-electron chi connectivity index (χ3n) is 4.25. The normalized spacial score (nSPS) is 22.9. The fourth-order valence-corrected chi connectivity index (χ4v) is 2.91. The number of amides is 1. The first kappa shape index (κ1) is 12.6. The number of benzene rings is 1. The second kappa shape index (κ2) is 4.94. The predicted octanol–water partition coefficient (Wildman–Crippen LogP) is 1.47. The van der Waals surface area contributed by atoms with Gasteiger partial charge >= 0.3 is 0 Å². The van der Waals surface area contributed by atoms with Crippen LogP contribution in [0.2, 0.25) is 0 Å². The van der Waals surface area contributed by atoms with Crippen molar-refractivity contribution < 1.29 is 9.53 Å². The first-order chi connectivity index (χ1) is 9.20. The molecular formula is C15H20N2O2. The molecule has 0 radical (unpaired) electrons. The summed E-state index contributed by atoms with van der Waals surface area (Å²) in [6.07, 6.45) is 3.33. The molecular weight excluding hydrogens is 240 g/mol. The van der Waals surface area contributed by atoms with Crippen molar-refractivity contribution in [2.24, 2.45) is 5.73 Å². The van der Waals surface area contributed by atoms with Crippen molar-refractivity contribution in [2.75, 3.05) is 19.7 Å². The molecule has 2 N–H and O–H groups in total. The van der Waals surface area contributed by atoms with E-state index >= 15 is 0 Å². The molecule has 4 nitrogen and oxygen atoms in total. The van der Waals surface area contributed by atoms with Gasteiger partial charge in [0.05, 0.1) is 12.2 Å². The maximum Gasteiger partial charge on any atom is 0.244 e. The van der Waals surface area contributed by atoms with Gasteiger partial charge in [-0.3, -0.25) is 4.79 Å². The van der Waals surface area contributed by atoms with Gasteiger partial charge in [-0.1, -0.05) is 30.3 Å². The number of carbonyl (C=O) groups excluding carboxylic acids is 1. The maximum absolute atomic E-state index is 12.5. The Bertz CT molecular complexity index is 456. The largest absolute Gasteiger partial charge is 0.371 e. The molecule has 1 aromatic rings. The van der Waals surface area contributed by atoms with Gasteiger partial charge in [0.25, 0.3) is 0 Å². The quantitative estimate of drug-likeness (QED) is 0.876. The van der Waals surface area contributed by atoms with Gasteiger partial charge in [-0.2, -0.15) is 0 Å². The Morgan fingerprint density at radius 2 is 2.05 bits per heavy atom. The summed E-state index contributed by atoms with van der Waals surface area (Å²) in [5.41, 5.74) is 6.90. The minimum Gasteiger partial charge on any atom is -0.371 e. The van der Waals surface area contributed by atoms with Gasteiger partial charge in [0.1, 0.15) is 6.04 Å². The SMILES string of the molecule is NC(C(=O)N1CCOC2(CCC2)C1)c1ccccc1. The van der Waals surface area contributed by atoms with Crippen molar-refractivity contribution >= 4 is 5.91 Å². The van der Waals surface area contributed by atoms with Crippen LogP contribution in [-0.4, -0.2) is 36.1 Å². The number of rotatable bonds is 2. The predicted molar refractivity (Wildman–Crippen MR) is 72.5 cm³/mol. The van der Waals surface area contributed by atoms with E-state index in [-0.39, 0.29) is 11.5 Å². The molecule has 1 unspecified atom stereocenters. The van der Waals surface area contributed by atoms with Crippen molar-refractivity contribution in [1.29, 1.82) is 0 Å². The molecule has 0 aromatic heterocycles. The van der Waals surface area contributed by atoms with Crippen LogP contribution in [0.15, 0.2) is 30.3 Å². The van der Waals surface area contributed by atoms with Gasteiger partial charge in [0.15, 0.2) is 0 Å². The van der Waals surface area contributed by atoms with E-state index in [4.69, 9.17) is 10.5 Å². The average Bonchev–Trinajstić information content (AvgIpc) is 2.45. The van der Waals surface area contributed by atoms with E-state index in [1.807, 2.05) is 35.2 Å². The Kier molecular flexibility index (Phi) is 3.29. The zero-order valence-electron chi connectivity index (χ0n) is 11.0. The van der Waals surface area contributed by atoms with Gasteiger partial charge in [0.2, 0.25) is 5.91 Å². The third kappa shape index (κ3) is 2.38. The Morgan fingerprint density at radius 1 is 1.32 bits per heavy atom. The summed E-state index contributed by atoms with van der Waals surface area (Å²) in [6.45, 7) is 1.99. The number of ether oxygens (including phenoxy) is 1. The first-order valence-electron chi connectivity index (χ1n) is 6.94. The van der Waals surface area contributed by atoms with Gasteiger partial charge in [-0.05, 0) is 24.8 Å². The van der Waals surface area contributed by atoms with Crippen LogP contribution in [0.5, 0.6) is 0 Å². The van der Waals surface area contributed by atoms with Crippen LogP contribution in [0.3, 0.4) is 0 Å². The summed E-state index contributed by atoms with van der Waals surface area (Å²) in [4.78, 5) is 14.3. The van der Waals surface area contributed by atoms with Crippen LogP contribution in [-0.2, 0) is 9.53 Å². The van der Waals surface area contributed by atoms with E-state index in [2.05, 4.69) is 0 Å². The van der Waals surface area contributed by atoms with E-state index in [0.717, 1.165) is 18.4 Å². The molecule has 102 valence electrons.